The molecule has 142 valence electrons. The van der Waals surface area contributed by atoms with E-state index >= 15 is 0 Å². The Morgan fingerprint density at radius 1 is 1.33 bits per heavy atom. The lowest BCUT2D eigenvalue weighted by Gasteiger charge is -2.26. The molecule has 0 aliphatic carbocycles. The van der Waals surface area contributed by atoms with Crippen LogP contribution in [0.1, 0.15) is 15.9 Å². The number of carbonyl (C=O) groups is 2. The maximum atomic E-state index is 12.6. The molecule has 1 aliphatic heterocycles. The van der Waals surface area contributed by atoms with Gasteiger partial charge in [-0.2, -0.15) is 0 Å². The van der Waals surface area contributed by atoms with Crippen molar-refractivity contribution >= 4 is 23.4 Å². The summed E-state index contributed by atoms with van der Waals surface area (Å²) in [6.07, 6.45) is 0.673. The van der Waals surface area contributed by atoms with Crippen molar-refractivity contribution in [3.8, 4) is 17.2 Å². The van der Waals surface area contributed by atoms with Gasteiger partial charge in [-0.25, -0.2) is 0 Å². The molecule has 1 aliphatic rings. The number of hydrogen-bond donors (Lipinski definition) is 2. The molecule has 2 aromatic carbocycles. The van der Waals surface area contributed by atoms with Gasteiger partial charge in [0.2, 0.25) is 0 Å². The topological polar surface area (TPSA) is 99.9 Å². The Labute approximate surface area is 161 Å². The van der Waals surface area contributed by atoms with Crippen LogP contribution in [0.25, 0.3) is 0 Å². The lowest BCUT2D eigenvalue weighted by atomic mass is 10.0. The summed E-state index contributed by atoms with van der Waals surface area (Å²) in [5.41, 5.74) is 6.42. The van der Waals surface area contributed by atoms with E-state index < -0.39 is 5.91 Å². The highest BCUT2D eigenvalue weighted by Gasteiger charge is 2.23. The van der Waals surface area contributed by atoms with Crippen molar-refractivity contribution < 1.29 is 23.8 Å². The highest BCUT2D eigenvalue weighted by molar-refractivity contribution is 6.32. The quantitative estimate of drug-likeness (QED) is 0.785. The predicted octanol–water partition coefficient (Wildman–Crippen LogP) is 1.95. The Balaban J connectivity index is 1.73. The van der Waals surface area contributed by atoms with Gasteiger partial charge in [0.15, 0.2) is 18.1 Å². The molecule has 0 saturated carbocycles. The van der Waals surface area contributed by atoms with Crippen molar-refractivity contribution in [1.82, 2.24) is 5.32 Å². The third-order valence-electron chi connectivity index (χ3n) is 4.06. The number of hydrogen-bond acceptors (Lipinski definition) is 5. The molecule has 0 aromatic heterocycles. The Morgan fingerprint density at radius 2 is 2.11 bits per heavy atom. The summed E-state index contributed by atoms with van der Waals surface area (Å²) in [6, 6.07) is 10.5. The zero-order chi connectivity index (χ0) is 19.4. The molecule has 0 spiro atoms. The van der Waals surface area contributed by atoms with E-state index in [2.05, 4.69) is 5.32 Å². The van der Waals surface area contributed by atoms with Crippen LogP contribution in [-0.2, 0) is 11.2 Å². The molecule has 0 saturated heterocycles. The van der Waals surface area contributed by atoms with E-state index in [0.29, 0.717) is 18.6 Å². The second-order valence-electron chi connectivity index (χ2n) is 6.04. The molecule has 3 N–H and O–H groups in total. The van der Waals surface area contributed by atoms with Gasteiger partial charge >= 0.3 is 0 Å². The van der Waals surface area contributed by atoms with E-state index in [0.717, 1.165) is 11.3 Å². The van der Waals surface area contributed by atoms with Crippen LogP contribution in [0.15, 0.2) is 36.4 Å². The molecule has 0 fully saturated rings. The summed E-state index contributed by atoms with van der Waals surface area (Å²) in [7, 11) is 1.41. The lowest BCUT2D eigenvalue weighted by Crippen LogP contribution is -2.42. The Kier molecular flexibility index (Phi) is 5.71. The summed E-state index contributed by atoms with van der Waals surface area (Å²) in [4.78, 5) is 23.5. The predicted molar refractivity (Wildman–Crippen MR) is 99.6 cm³/mol. The molecule has 1 atom stereocenters. The molecular weight excluding hydrogens is 372 g/mol. The van der Waals surface area contributed by atoms with Gasteiger partial charge in [-0.05, 0) is 30.2 Å². The zero-order valence-corrected chi connectivity index (χ0v) is 15.4. The maximum Gasteiger partial charge on any atom is 0.255 e. The number of carbonyl (C=O) groups excluding carboxylic acids is 2. The van der Waals surface area contributed by atoms with E-state index in [1.54, 1.807) is 0 Å². The second-order valence-corrected chi connectivity index (χ2v) is 6.44. The lowest BCUT2D eigenvalue weighted by molar-refractivity contribution is -0.119. The first-order valence-electron chi connectivity index (χ1n) is 8.28. The number of methoxy groups -OCH3 is 1. The number of benzene rings is 2. The summed E-state index contributed by atoms with van der Waals surface area (Å²) in [5, 5.41) is 3.08. The Morgan fingerprint density at radius 3 is 2.85 bits per heavy atom. The van der Waals surface area contributed by atoms with E-state index in [1.165, 1.54) is 19.2 Å². The average molecular weight is 391 g/mol. The van der Waals surface area contributed by atoms with Crippen molar-refractivity contribution in [2.45, 2.75) is 12.5 Å². The number of amides is 2. The van der Waals surface area contributed by atoms with Crippen molar-refractivity contribution in [2.24, 2.45) is 5.73 Å². The fourth-order valence-electron chi connectivity index (χ4n) is 2.82. The normalized spacial score (nSPS) is 15.3. The van der Waals surface area contributed by atoms with E-state index in [9.17, 15) is 9.59 Å². The van der Waals surface area contributed by atoms with Crippen LogP contribution >= 0.6 is 11.6 Å². The van der Waals surface area contributed by atoms with E-state index in [-0.39, 0.29) is 35.1 Å². The first kappa shape index (κ1) is 18.8. The van der Waals surface area contributed by atoms with Crippen molar-refractivity contribution in [2.75, 3.05) is 20.3 Å². The molecule has 2 aromatic rings. The number of halogens is 1. The Bertz CT molecular complexity index is 871. The van der Waals surface area contributed by atoms with Gasteiger partial charge in [0.25, 0.3) is 11.8 Å². The molecule has 1 unspecified atom stereocenters. The minimum Gasteiger partial charge on any atom is -0.493 e. The minimum absolute atomic E-state index is 0.144. The number of rotatable bonds is 6. The largest absolute Gasteiger partial charge is 0.493 e. The smallest absolute Gasteiger partial charge is 0.255 e. The average Bonchev–Trinajstić information content (AvgIpc) is 2.66. The molecule has 0 bridgehead atoms. The highest BCUT2D eigenvalue weighted by atomic mass is 35.5. The molecule has 27 heavy (non-hydrogen) atoms. The fraction of sp³-hybridized carbons (Fsp3) is 0.263. The highest BCUT2D eigenvalue weighted by Crippen LogP contribution is 2.36. The number of nitrogens with two attached hydrogens (primary N) is 1. The third kappa shape index (κ3) is 4.43. The van der Waals surface area contributed by atoms with Gasteiger partial charge in [0.05, 0.1) is 18.2 Å². The van der Waals surface area contributed by atoms with Gasteiger partial charge in [-0.1, -0.05) is 29.8 Å². The molecule has 7 nitrogen and oxygen atoms in total. The molecule has 2 amide bonds. The van der Waals surface area contributed by atoms with Crippen LogP contribution in [0.5, 0.6) is 17.2 Å². The van der Waals surface area contributed by atoms with Crippen molar-refractivity contribution in [1.29, 1.82) is 0 Å². The number of nitrogens with one attached hydrogen (secondary N) is 1. The minimum atomic E-state index is -0.646. The van der Waals surface area contributed by atoms with E-state index in [4.69, 9.17) is 31.5 Å². The molecular formula is C19H19ClN2O5. The van der Waals surface area contributed by atoms with Crippen LogP contribution in [0.3, 0.4) is 0 Å². The molecule has 8 heteroatoms. The van der Waals surface area contributed by atoms with Crippen LogP contribution in [0, 0.1) is 0 Å². The van der Waals surface area contributed by atoms with Gasteiger partial charge in [-0.15, -0.1) is 0 Å². The van der Waals surface area contributed by atoms with E-state index in [1.807, 2.05) is 24.3 Å². The van der Waals surface area contributed by atoms with Gasteiger partial charge in [0.1, 0.15) is 12.4 Å². The second kappa shape index (κ2) is 8.18. The molecule has 1 heterocycles. The van der Waals surface area contributed by atoms with Crippen LogP contribution < -0.4 is 25.3 Å². The van der Waals surface area contributed by atoms with Crippen LogP contribution in [0.2, 0.25) is 5.02 Å². The van der Waals surface area contributed by atoms with Gasteiger partial charge in [-0.3, -0.25) is 9.59 Å². The molecule has 0 radical (unpaired) electrons. The summed E-state index contributed by atoms with van der Waals surface area (Å²) < 4.78 is 16.2. The van der Waals surface area contributed by atoms with Crippen LogP contribution in [-0.4, -0.2) is 38.2 Å². The number of para-hydroxylation sites is 1. The summed E-state index contributed by atoms with van der Waals surface area (Å²) in [6.45, 7) is 0.0356. The van der Waals surface area contributed by atoms with Crippen molar-refractivity contribution in [3.63, 3.8) is 0 Å². The summed E-state index contributed by atoms with van der Waals surface area (Å²) in [5.74, 6) is 0.268. The van der Waals surface area contributed by atoms with Gasteiger partial charge < -0.3 is 25.3 Å². The third-order valence-corrected chi connectivity index (χ3v) is 4.35. The number of fused-ring (bicyclic) bond motifs is 1. The zero-order valence-electron chi connectivity index (χ0n) is 14.7. The SMILES string of the molecule is COc1cc(C(=O)NC2COc3ccccc3C2)cc(Cl)c1OCC(N)=O. The standard InChI is InChI=1S/C19H19ClN2O5/c1-25-16-8-12(7-14(20)18(16)27-10-17(21)23)19(24)22-13-6-11-4-2-3-5-15(11)26-9-13/h2-5,7-8,13H,6,9-10H2,1H3,(H2,21,23)(H,22,24). The first-order chi connectivity index (χ1) is 13.0. The van der Waals surface area contributed by atoms with Gasteiger partial charge in [0, 0.05) is 5.56 Å². The van der Waals surface area contributed by atoms with Crippen molar-refractivity contribution in [3.05, 3.63) is 52.5 Å². The maximum absolute atomic E-state index is 12.6. The van der Waals surface area contributed by atoms with Crippen LogP contribution in [0.4, 0.5) is 0 Å². The number of ether oxygens (including phenoxy) is 3. The fourth-order valence-corrected chi connectivity index (χ4v) is 3.09. The Hall–Kier alpha value is -2.93. The summed E-state index contributed by atoms with van der Waals surface area (Å²) >= 11 is 6.19. The molecule has 3 rings (SSSR count). The monoisotopic (exact) mass is 390 g/mol. The first-order valence-corrected chi connectivity index (χ1v) is 8.66. The number of primary amides is 1.